The van der Waals surface area contributed by atoms with Crippen LogP contribution >= 0.6 is 11.8 Å². The molecule has 0 spiro atoms. The Kier molecular flexibility index (Phi) is 7.37. The van der Waals surface area contributed by atoms with Crippen LogP contribution in [-0.2, 0) is 32.6 Å². The number of benzene rings is 1. The molecule has 11 heteroatoms. The monoisotopic (exact) mass is 602 g/mol. The fourth-order valence-electron chi connectivity index (χ4n) is 5.00. The molecule has 2 aromatic heterocycles. The van der Waals surface area contributed by atoms with Crippen molar-refractivity contribution in [2.75, 3.05) is 18.6 Å². The standard InChI is InChI=1S/C29H39FN4O3S2Si/c1-27(2,3)40(6,7)37-19-28(4)17-25-32-33-26(34(25)14-15-38-28)29(12-13-29)24-11-9-21(18-31-24)20-8-10-22(30)23(16-20)39(5,35)36/h8-11,16,18H,12-15,17,19H2,1-7H3/t28-/m1/s1. The number of aromatic nitrogens is 4. The van der Waals surface area contributed by atoms with E-state index < -0.39 is 24.0 Å². The highest BCUT2D eigenvalue weighted by Crippen LogP contribution is 2.53. The highest BCUT2D eigenvalue weighted by molar-refractivity contribution is 8.00. The van der Waals surface area contributed by atoms with E-state index in [0.717, 1.165) is 60.7 Å². The van der Waals surface area contributed by atoms with E-state index in [4.69, 9.17) is 14.5 Å². The zero-order valence-corrected chi connectivity index (χ0v) is 27.0. The quantitative estimate of drug-likeness (QED) is 0.305. The molecule has 1 aromatic carbocycles. The SMILES string of the molecule is CC(C)(C)[Si](C)(C)OC[C@@]1(C)Cc2nnc(C3(c4ccc(-c5ccc(F)c(S(C)(=O)=O)c5)cn4)CC3)n2CCS1. The Hall–Kier alpha value is -2.08. The molecule has 5 rings (SSSR count). The number of hydrogen-bond donors (Lipinski definition) is 0. The molecule has 40 heavy (non-hydrogen) atoms. The Morgan fingerprint density at radius 1 is 1.12 bits per heavy atom. The third-order valence-electron chi connectivity index (χ3n) is 8.77. The highest BCUT2D eigenvalue weighted by Gasteiger charge is 2.52. The van der Waals surface area contributed by atoms with E-state index >= 15 is 0 Å². The van der Waals surface area contributed by atoms with Crippen molar-refractivity contribution < 1.29 is 17.2 Å². The van der Waals surface area contributed by atoms with Crippen molar-refractivity contribution >= 4 is 29.9 Å². The van der Waals surface area contributed by atoms with E-state index in [1.807, 2.05) is 23.9 Å². The molecule has 216 valence electrons. The number of rotatable bonds is 7. The highest BCUT2D eigenvalue weighted by atomic mass is 32.2. The molecule has 1 aliphatic carbocycles. The molecule has 7 nitrogen and oxygen atoms in total. The van der Waals surface area contributed by atoms with Crippen molar-refractivity contribution in [3.63, 3.8) is 0 Å². The van der Waals surface area contributed by atoms with Gasteiger partial charge in [0.1, 0.15) is 22.4 Å². The van der Waals surface area contributed by atoms with Crippen molar-refractivity contribution in [1.29, 1.82) is 0 Å². The summed E-state index contributed by atoms with van der Waals surface area (Å²) in [6, 6.07) is 8.05. The van der Waals surface area contributed by atoms with E-state index in [-0.39, 0.29) is 20.1 Å². The predicted octanol–water partition coefficient (Wildman–Crippen LogP) is 6.03. The summed E-state index contributed by atoms with van der Waals surface area (Å²) in [6.07, 6.45) is 5.45. The molecule has 3 aromatic rings. The second-order valence-corrected chi connectivity index (χ2v) is 21.5. The molecule has 1 aliphatic heterocycles. The van der Waals surface area contributed by atoms with Crippen molar-refractivity contribution in [1.82, 2.24) is 19.7 Å². The third kappa shape index (κ3) is 5.54. The predicted molar refractivity (Wildman–Crippen MR) is 160 cm³/mol. The van der Waals surface area contributed by atoms with Crippen LogP contribution in [0.1, 0.15) is 57.9 Å². The van der Waals surface area contributed by atoms with Gasteiger partial charge in [-0.15, -0.1) is 10.2 Å². The molecule has 1 atom stereocenters. The molecule has 0 amide bonds. The summed E-state index contributed by atoms with van der Waals surface area (Å²) in [5.41, 5.74) is 2.00. The summed E-state index contributed by atoms with van der Waals surface area (Å²) in [7, 11) is -5.53. The van der Waals surface area contributed by atoms with E-state index in [2.05, 4.69) is 50.5 Å². The van der Waals surface area contributed by atoms with Gasteiger partial charge in [-0.1, -0.05) is 32.9 Å². The number of halogens is 1. The Bertz CT molecular complexity index is 1530. The van der Waals surface area contributed by atoms with E-state index in [0.29, 0.717) is 12.2 Å². The molecule has 0 N–H and O–H groups in total. The van der Waals surface area contributed by atoms with Crippen LogP contribution in [0.25, 0.3) is 11.1 Å². The van der Waals surface area contributed by atoms with Gasteiger partial charge in [-0.25, -0.2) is 12.8 Å². The van der Waals surface area contributed by atoms with E-state index in [9.17, 15) is 12.8 Å². The Balaban J connectivity index is 1.38. The lowest BCUT2D eigenvalue weighted by Crippen LogP contribution is -2.45. The van der Waals surface area contributed by atoms with Gasteiger partial charge in [-0.2, -0.15) is 11.8 Å². The third-order valence-corrected chi connectivity index (χ3v) is 15.7. The fourth-order valence-corrected chi connectivity index (χ4v) is 8.12. The summed E-state index contributed by atoms with van der Waals surface area (Å²) < 4.78 is 47.0. The number of fused-ring (bicyclic) bond motifs is 1. The first kappa shape index (κ1) is 29.4. The minimum absolute atomic E-state index is 0.0648. The molecule has 0 bridgehead atoms. The van der Waals surface area contributed by atoms with Gasteiger partial charge < -0.3 is 8.99 Å². The Labute approximate surface area is 242 Å². The minimum atomic E-state index is -3.67. The molecule has 1 fully saturated rings. The molecule has 0 radical (unpaired) electrons. The maximum Gasteiger partial charge on any atom is 0.192 e. The number of nitrogens with zero attached hydrogens (tertiary/aromatic N) is 4. The average Bonchev–Trinajstić information content (AvgIpc) is 3.61. The Morgan fingerprint density at radius 2 is 1.82 bits per heavy atom. The van der Waals surface area contributed by atoms with Crippen LogP contribution in [0.2, 0.25) is 18.1 Å². The molecule has 2 aliphatic rings. The lowest BCUT2D eigenvalue weighted by Gasteiger charge is -2.39. The number of thioether (sulfide) groups is 1. The van der Waals surface area contributed by atoms with E-state index in [1.54, 1.807) is 12.3 Å². The zero-order chi connectivity index (χ0) is 29.1. The number of hydrogen-bond acceptors (Lipinski definition) is 7. The fraction of sp³-hybridized carbons (Fsp3) is 0.552. The van der Waals surface area contributed by atoms with Crippen molar-refractivity contribution in [3.05, 3.63) is 59.7 Å². The summed E-state index contributed by atoms with van der Waals surface area (Å²) in [6.45, 7) is 15.2. The smallest absolute Gasteiger partial charge is 0.192 e. The molecular weight excluding hydrogens is 564 g/mol. The van der Waals surface area contributed by atoms with Crippen LogP contribution in [0.4, 0.5) is 4.39 Å². The second kappa shape index (κ2) is 10.0. The van der Waals surface area contributed by atoms with Crippen LogP contribution in [0.5, 0.6) is 0 Å². The van der Waals surface area contributed by atoms with Crippen LogP contribution in [0.15, 0.2) is 41.4 Å². The first-order chi connectivity index (χ1) is 18.5. The van der Waals surface area contributed by atoms with Gasteiger partial charge in [-0.3, -0.25) is 4.98 Å². The maximum atomic E-state index is 14.1. The van der Waals surface area contributed by atoms with Gasteiger partial charge in [0, 0.05) is 48.1 Å². The first-order valence-electron chi connectivity index (χ1n) is 13.7. The van der Waals surface area contributed by atoms with Gasteiger partial charge in [0.05, 0.1) is 11.1 Å². The maximum absolute atomic E-state index is 14.1. The Morgan fingerprint density at radius 3 is 2.42 bits per heavy atom. The summed E-state index contributed by atoms with van der Waals surface area (Å²) >= 11 is 1.96. The van der Waals surface area contributed by atoms with E-state index in [1.165, 1.54) is 12.1 Å². The molecule has 3 heterocycles. The zero-order valence-electron chi connectivity index (χ0n) is 24.4. The molecule has 0 unspecified atom stereocenters. The van der Waals surface area contributed by atoms with Gasteiger partial charge >= 0.3 is 0 Å². The number of pyridine rings is 1. The van der Waals surface area contributed by atoms with Crippen molar-refractivity contribution in [2.45, 2.75) is 86.7 Å². The lowest BCUT2D eigenvalue weighted by molar-refractivity contribution is 0.252. The first-order valence-corrected chi connectivity index (χ1v) is 19.5. The summed E-state index contributed by atoms with van der Waals surface area (Å²) in [5, 5.41) is 9.56. The normalized spacial score (nSPS) is 21.1. The molecule has 0 saturated heterocycles. The minimum Gasteiger partial charge on any atom is -0.415 e. The summed E-state index contributed by atoms with van der Waals surface area (Å²) in [5.74, 6) is 2.19. The number of sulfone groups is 1. The largest absolute Gasteiger partial charge is 0.415 e. The second-order valence-electron chi connectivity index (χ2n) is 13.0. The van der Waals surface area contributed by atoms with Gasteiger partial charge in [0.2, 0.25) is 0 Å². The van der Waals surface area contributed by atoms with Crippen LogP contribution in [0, 0.1) is 5.82 Å². The van der Waals surface area contributed by atoms with Crippen LogP contribution < -0.4 is 0 Å². The van der Waals surface area contributed by atoms with Crippen LogP contribution in [-0.4, -0.2) is 59.8 Å². The molecule has 1 saturated carbocycles. The molecular formula is C29H39FN4O3S2Si. The average molecular weight is 603 g/mol. The van der Waals surface area contributed by atoms with Gasteiger partial charge in [-0.05, 0) is 61.7 Å². The van der Waals surface area contributed by atoms with Gasteiger partial charge in [0.25, 0.3) is 0 Å². The van der Waals surface area contributed by atoms with Gasteiger partial charge in [0.15, 0.2) is 18.2 Å². The van der Waals surface area contributed by atoms with Crippen molar-refractivity contribution in [2.24, 2.45) is 0 Å². The lowest BCUT2D eigenvalue weighted by atomic mass is 9.98. The van der Waals surface area contributed by atoms with Crippen LogP contribution in [0.3, 0.4) is 0 Å². The topological polar surface area (TPSA) is 87.0 Å². The van der Waals surface area contributed by atoms with Crippen molar-refractivity contribution in [3.8, 4) is 11.1 Å². The summed E-state index contributed by atoms with van der Waals surface area (Å²) in [4.78, 5) is 4.49.